The van der Waals surface area contributed by atoms with Crippen LogP contribution in [0.25, 0.3) is 0 Å². The standard InChI is InChI=1S/C11H15ClN2O/c1-7(6-13)14-11(15)9-4-3-5-10(12)8(9)2/h3-5,7H,6,13H2,1-2H3,(H,14,15). The van der Waals surface area contributed by atoms with Gasteiger partial charge >= 0.3 is 0 Å². The number of carbonyl (C=O) groups excluding carboxylic acids is 1. The number of carbonyl (C=O) groups is 1. The minimum atomic E-state index is -0.132. The van der Waals surface area contributed by atoms with Gasteiger partial charge in [0.05, 0.1) is 0 Å². The van der Waals surface area contributed by atoms with Crippen LogP contribution in [0.3, 0.4) is 0 Å². The summed E-state index contributed by atoms with van der Waals surface area (Å²) in [7, 11) is 0. The Kier molecular flexibility index (Phi) is 4.12. The molecule has 0 saturated heterocycles. The SMILES string of the molecule is Cc1c(Cl)cccc1C(=O)NC(C)CN. The lowest BCUT2D eigenvalue weighted by Crippen LogP contribution is -2.38. The maximum atomic E-state index is 11.8. The van der Waals surface area contributed by atoms with Crippen LogP contribution in [0, 0.1) is 6.92 Å². The van der Waals surface area contributed by atoms with Gasteiger partial charge in [0.25, 0.3) is 5.91 Å². The number of amides is 1. The fourth-order valence-electron chi connectivity index (χ4n) is 1.21. The zero-order valence-electron chi connectivity index (χ0n) is 8.88. The number of halogens is 1. The first kappa shape index (κ1) is 12.0. The van der Waals surface area contributed by atoms with Crippen molar-refractivity contribution in [2.24, 2.45) is 5.73 Å². The second kappa shape index (κ2) is 5.14. The van der Waals surface area contributed by atoms with E-state index in [1.807, 2.05) is 13.8 Å². The Morgan fingerprint density at radius 2 is 2.27 bits per heavy atom. The average Bonchev–Trinajstić information content (AvgIpc) is 2.21. The second-order valence-electron chi connectivity index (χ2n) is 3.52. The molecule has 0 aromatic heterocycles. The highest BCUT2D eigenvalue weighted by atomic mass is 35.5. The topological polar surface area (TPSA) is 55.1 Å². The highest BCUT2D eigenvalue weighted by Gasteiger charge is 2.12. The van der Waals surface area contributed by atoms with E-state index in [1.165, 1.54) is 0 Å². The Hall–Kier alpha value is -1.06. The summed E-state index contributed by atoms with van der Waals surface area (Å²) < 4.78 is 0. The van der Waals surface area contributed by atoms with E-state index in [2.05, 4.69) is 5.32 Å². The predicted molar refractivity (Wildman–Crippen MR) is 62.2 cm³/mol. The molecule has 0 aliphatic rings. The first-order valence-corrected chi connectivity index (χ1v) is 5.20. The Morgan fingerprint density at radius 1 is 1.60 bits per heavy atom. The Bertz CT molecular complexity index is 366. The molecule has 15 heavy (non-hydrogen) atoms. The summed E-state index contributed by atoms with van der Waals surface area (Å²) >= 11 is 5.92. The van der Waals surface area contributed by atoms with Crippen molar-refractivity contribution in [2.75, 3.05) is 6.54 Å². The third kappa shape index (κ3) is 2.94. The molecule has 0 heterocycles. The van der Waals surface area contributed by atoms with E-state index in [-0.39, 0.29) is 11.9 Å². The fourth-order valence-corrected chi connectivity index (χ4v) is 1.39. The molecular weight excluding hydrogens is 212 g/mol. The van der Waals surface area contributed by atoms with Gasteiger partial charge < -0.3 is 11.1 Å². The second-order valence-corrected chi connectivity index (χ2v) is 3.93. The molecular formula is C11H15ClN2O. The summed E-state index contributed by atoms with van der Waals surface area (Å²) in [5.74, 6) is -0.132. The van der Waals surface area contributed by atoms with Crippen LogP contribution in [0.2, 0.25) is 5.02 Å². The molecule has 1 atom stereocenters. The van der Waals surface area contributed by atoms with Gasteiger partial charge in [0.1, 0.15) is 0 Å². The molecule has 0 radical (unpaired) electrons. The molecule has 0 saturated carbocycles. The van der Waals surface area contributed by atoms with E-state index >= 15 is 0 Å². The molecule has 0 aliphatic carbocycles. The van der Waals surface area contributed by atoms with Gasteiger partial charge in [0.15, 0.2) is 0 Å². The summed E-state index contributed by atoms with van der Waals surface area (Å²) in [6, 6.07) is 5.24. The maximum absolute atomic E-state index is 11.8. The molecule has 3 nitrogen and oxygen atoms in total. The van der Waals surface area contributed by atoms with Crippen LogP contribution < -0.4 is 11.1 Å². The monoisotopic (exact) mass is 226 g/mol. The molecule has 1 rings (SSSR count). The van der Waals surface area contributed by atoms with E-state index < -0.39 is 0 Å². The van der Waals surface area contributed by atoms with Crippen molar-refractivity contribution in [3.8, 4) is 0 Å². The van der Waals surface area contributed by atoms with Crippen LogP contribution in [0.4, 0.5) is 0 Å². The van der Waals surface area contributed by atoms with Gasteiger partial charge in [-0.1, -0.05) is 17.7 Å². The van der Waals surface area contributed by atoms with Crippen molar-refractivity contribution < 1.29 is 4.79 Å². The van der Waals surface area contributed by atoms with E-state index in [0.717, 1.165) is 5.56 Å². The minimum Gasteiger partial charge on any atom is -0.348 e. The van der Waals surface area contributed by atoms with E-state index in [4.69, 9.17) is 17.3 Å². The maximum Gasteiger partial charge on any atom is 0.251 e. The summed E-state index contributed by atoms with van der Waals surface area (Å²) in [5.41, 5.74) is 6.82. The lowest BCUT2D eigenvalue weighted by Gasteiger charge is -2.13. The quantitative estimate of drug-likeness (QED) is 0.825. The van der Waals surface area contributed by atoms with Crippen molar-refractivity contribution in [2.45, 2.75) is 19.9 Å². The van der Waals surface area contributed by atoms with Gasteiger partial charge in [-0.15, -0.1) is 0 Å². The number of hydrogen-bond acceptors (Lipinski definition) is 2. The van der Waals surface area contributed by atoms with Crippen molar-refractivity contribution in [3.63, 3.8) is 0 Å². The van der Waals surface area contributed by atoms with Crippen molar-refractivity contribution in [3.05, 3.63) is 34.3 Å². The van der Waals surface area contributed by atoms with Gasteiger partial charge in [-0.25, -0.2) is 0 Å². The van der Waals surface area contributed by atoms with Crippen LogP contribution in [-0.4, -0.2) is 18.5 Å². The average molecular weight is 227 g/mol. The number of nitrogens with two attached hydrogens (primary N) is 1. The Labute approximate surface area is 94.6 Å². The third-order valence-electron chi connectivity index (χ3n) is 2.24. The fraction of sp³-hybridized carbons (Fsp3) is 0.364. The van der Waals surface area contributed by atoms with Crippen molar-refractivity contribution in [1.82, 2.24) is 5.32 Å². The molecule has 82 valence electrons. The molecule has 0 fully saturated rings. The third-order valence-corrected chi connectivity index (χ3v) is 2.65. The van der Waals surface area contributed by atoms with Crippen LogP contribution in [-0.2, 0) is 0 Å². The van der Waals surface area contributed by atoms with Gasteiger partial charge in [0.2, 0.25) is 0 Å². The normalized spacial score (nSPS) is 12.3. The highest BCUT2D eigenvalue weighted by molar-refractivity contribution is 6.31. The smallest absolute Gasteiger partial charge is 0.251 e. The van der Waals surface area contributed by atoms with Gasteiger partial charge in [0, 0.05) is 23.2 Å². The summed E-state index contributed by atoms with van der Waals surface area (Å²) in [6.45, 7) is 4.10. The minimum absolute atomic E-state index is 0.0316. The number of benzene rings is 1. The summed E-state index contributed by atoms with van der Waals surface area (Å²) in [4.78, 5) is 11.8. The van der Waals surface area contributed by atoms with Crippen molar-refractivity contribution >= 4 is 17.5 Å². The molecule has 0 bridgehead atoms. The number of nitrogens with one attached hydrogen (secondary N) is 1. The molecule has 1 aromatic carbocycles. The molecule has 0 spiro atoms. The van der Waals surface area contributed by atoms with Crippen LogP contribution >= 0.6 is 11.6 Å². The summed E-state index contributed by atoms with van der Waals surface area (Å²) in [5, 5.41) is 3.39. The Morgan fingerprint density at radius 3 is 2.87 bits per heavy atom. The first-order valence-electron chi connectivity index (χ1n) is 4.82. The van der Waals surface area contributed by atoms with Gasteiger partial charge in [-0.3, -0.25) is 4.79 Å². The van der Waals surface area contributed by atoms with Gasteiger partial charge in [-0.05, 0) is 31.5 Å². The zero-order valence-corrected chi connectivity index (χ0v) is 9.64. The highest BCUT2D eigenvalue weighted by Crippen LogP contribution is 2.18. The number of rotatable bonds is 3. The predicted octanol–water partition coefficient (Wildman–Crippen LogP) is 1.73. The molecule has 1 unspecified atom stereocenters. The molecule has 4 heteroatoms. The first-order chi connectivity index (χ1) is 7.06. The van der Waals surface area contributed by atoms with Crippen LogP contribution in [0.1, 0.15) is 22.8 Å². The zero-order chi connectivity index (χ0) is 11.4. The lowest BCUT2D eigenvalue weighted by molar-refractivity contribution is 0.0940. The van der Waals surface area contributed by atoms with Gasteiger partial charge in [-0.2, -0.15) is 0 Å². The lowest BCUT2D eigenvalue weighted by atomic mass is 10.1. The molecule has 0 aliphatic heterocycles. The Balaban J connectivity index is 2.87. The van der Waals surface area contributed by atoms with E-state index in [0.29, 0.717) is 17.1 Å². The van der Waals surface area contributed by atoms with E-state index in [1.54, 1.807) is 18.2 Å². The molecule has 1 amide bonds. The van der Waals surface area contributed by atoms with Crippen LogP contribution in [0.15, 0.2) is 18.2 Å². The van der Waals surface area contributed by atoms with Crippen LogP contribution in [0.5, 0.6) is 0 Å². The number of hydrogen-bond donors (Lipinski definition) is 2. The molecule has 3 N–H and O–H groups in total. The van der Waals surface area contributed by atoms with Crippen molar-refractivity contribution in [1.29, 1.82) is 0 Å². The van der Waals surface area contributed by atoms with E-state index in [9.17, 15) is 4.79 Å². The largest absolute Gasteiger partial charge is 0.348 e. The molecule has 1 aromatic rings. The summed E-state index contributed by atoms with van der Waals surface area (Å²) in [6.07, 6.45) is 0.